The van der Waals surface area contributed by atoms with Gasteiger partial charge in [0.1, 0.15) is 0 Å². The van der Waals surface area contributed by atoms with Gasteiger partial charge in [0.25, 0.3) is 0 Å². The fraction of sp³-hybridized carbons (Fsp3) is 0.0667. The van der Waals surface area contributed by atoms with Crippen LogP contribution in [0.3, 0.4) is 0 Å². The summed E-state index contributed by atoms with van der Waals surface area (Å²) in [5.74, 6) is 0. The third-order valence-corrected chi connectivity index (χ3v) is 4.25. The molecule has 3 aromatic rings. The predicted molar refractivity (Wildman–Crippen MR) is 75.7 cm³/mol. The molecule has 18 heavy (non-hydrogen) atoms. The molecule has 0 radical (unpaired) electrons. The zero-order valence-electron chi connectivity index (χ0n) is 9.47. The highest BCUT2D eigenvalue weighted by Gasteiger charge is 2.29. The van der Waals surface area contributed by atoms with Crippen molar-refractivity contribution in [2.75, 3.05) is 0 Å². The highest BCUT2D eigenvalue weighted by atomic mass is 79.9. The van der Waals surface area contributed by atoms with Gasteiger partial charge in [-0.1, -0.05) is 52.3 Å². The van der Waals surface area contributed by atoms with E-state index >= 15 is 0 Å². The van der Waals surface area contributed by atoms with Crippen molar-refractivity contribution in [1.82, 2.24) is 9.97 Å². The third-order valence-electron chi connectivity index (χ3n) is 3.33. The van der Waals surface area contributed by atoms with Crippen molar-refractivity contribution in [2.24, 2.45) is 0 Å². The lowest BCUT2D eigenvalue weighted by molar-refractivity contribution is 1.12. The van der Waals surface area contributed by atoms with Gasteiger partial charge in [-0.2, -0.15) is 0 Å². The molecule has 0 aliphatic heterocycles. The molecule has 0 fully saturated rings. The first kappa shape index (κ1) is 10.2. The fourth-order valence-corrected chi connectivity index (χ4v) is 3.19. The van der Waals surface area contributed by atoms with Crippen LogP contribution in [0.2, 0.25) is 0 Å². The Balaban J connectivity index is 2.10. The summed E-state index contributed by atoms with van der Waals surface area (Å²) < 4.78 is 0. The first-order valence-corrected chi connectivity index (χ1v) is 6.76. The van der Waals surface area contributed by atoms with E-state index in [2.05, 4.69) is 34.1 Å². The van der Waals surface area contributed by atoms with Gasteiger partial charge in [-0.25, -0.2) is 9.97 Å². The zero-order chi connectivity index (χ0) is 12.1. The van der Waals surface area contributed by atoms with Crippen molar-refractivity contribution in [3.05, 3.63) is 59.8 Å². The molecule has 0 saturated heterocycles. The fourth-order valence-electron chi connectivity index (χ4n) is 2.47. The van der Waals surface area contributed by atoms with Crippen LogP contribution in [-0.2, 0) is 0 Å². The van der Waals surface area contributed by atoms with Crippen LogP contribution in [0.1, 0.15) is 16.1 Å². The first-order chi connectivity index (χ1) is 8.84. The maximum atomic E-state index is 4.76. The summed E-state index contributed by atoms with van der Waals surface area (Å²) in [5, 5.41) is 0. The van der Waals surface area contributed by atoms with Crippen molar-refractivity contribution in [1.29, 1.82) is 0 Å². The molecule has 1 aromatic heterocycles. The molecule has 2 nitrogen and oxygen atoms in total. The van der Waals surface area contributed by atoms with Gasteiger partial charge >= 0.3 is 0 Å². The topological polar surface area (TPSA) is 25.8 Å². The molecular formula is C15H9BrN2. The van der Waals surface area contributed by atoms with Gasteiger partial charge in [-0.05, 0) is 17.7 Å². The summed E-state index contributed by atoms with van der Waals surface area (Å²) in [6.07, 6.45) is 0. The monoisotopic (exact) mass is 296 g/mol. The first-order valence-electron chi connectivity index (χ1n) is 5.84. The Bertz CT molecular complexity index is 767. The largest absolute Gasteiger partial charge is 0.247 e. The zero-order valence-corrected chi connectivity index (χ0v) is 11.1. The number of alkyl halides is 1. The van der Waals surface area contributed by atoms with Crippen LogP contribution in [0.25, 0.3) is 22.3 Å². The Morgan fingerprint density at radius 1 is 0.833 bits per heavy atom. The molecular weight excluding hydrogens is 288 g/mol. The molecule has 86 valence electrons. The number of aromatic nitrogens is 2. The Morgan fingerprint density at radius 2 is 1.50 bits per heavy atom. The van der Waals surface area contributed by atoms with Gasteiger partial charge in [-0.15, -0.1) is 0 Å². The maximum Gasteiger partial charge on any atom is 0.0943 e. The molecule has 0 amide bonds. The van der Waals surface area contributed by atoms with E-state index in [0.29, 0.717) is 0 Å². The number of nitrogens with zero attached hydrogens (tertiary/aromatic N) is 2. The van der Waals surface area contributed by atoms with Crippen LogP contribution < -0.4 is 0 Å². The summed E-state index contributed by atoms with van der Waals surface area (Å²) >= 11 is 3.72. The minimum absolute atomic E-state index is 0.154. The van der Waals surface area contributed by atoms with E-state index < -0.39 is 0 Å². The average molecular weight is 297 g/mol. The molecule has 1 atom stereocenters. The molecule has 0 unspecified atom stereocenters. The highest BCUT2D eigenvalue weighted by Crippen LogP contribution is 2.46. The van der Waals surface area contributed by atoms with E-state index in [1.165, 1.54) is 11.1 Å². The van der Waals surface area contributed by atoms with Crippen LogP contribution in [0.4, 0.5) is 0 Å². The number of benzene rings is 2. The number of fused-ring (bicyclic) bond motifs is 4. The van der Waals surface area contributed by atoms with Crippen molar-refractivity contribution in [3.8, 4) is 11.3 Å². The normalized spacial score (nSPS) is 16.6. The molecule has 0 spiro atoms. The number of rotatable bonds is 0. The van der Waals surface area contributed by atoms with Gasteiger partial charge in [0, 0.05) is 5.56 Å². The molecule has 2 aromatic carbocycles. The summed E-state index contributed by atoms with van der Waals surface area (Å²) in [4.78, 5) is 9.65. The average Bonchev–Trinajstić information content (AvgIpc) is 2.71. The number of hydrogen-bond acceptors (Lipinski definition) is 2. The summed E-state index contributed by atoms with van der Waals surface area (Å²) in [7, 11) is 0. The van der Waals surface area contributed by atoms with E-state index in [9.17, 15) is 0 Å². The van der Waals surface area contributed by atoms with Crippen molar-refractivity contribution >= 4 is 27.0 Å². The molecule has 0 N–H and O–H groups in total. The summed E-state index contributed by atoms with van der Waals surface area (Å²) in [6, 6.07) is 16.3. The van der Waals surface area contributed by atoms with Crippen LogP contribution in [0, 0.1) is 0 Å². The molecule has 1 aliphatic rings. The van der Waals surface area contributed by atoms with Crippen molar-refractivity contribution < 1.29 is 0 Å². The molecule has 1 heterocycles. The van der Waals surface area contributed by atoms with Crippen molar-refractivity contribution in [2.45, 2.75) is 4.83 Å². The quantitative estimate of drug-likeness (QED) is 0.584. The molecule has 1 aliphatic carbocycles. The smallest absolute Gasteiger partial charge is 0.0943 e. The molecule has 0 bridgehead atoms. The van der Waals surface area contributed by atoms with Crippen molar-refractivity contribution in [3.63, 3.8) is 0 Å². The second-order valence-corrected chi connectivity index (χ2v) is 5.31. The summed E-state index contributed by atoms with van der Waals surface area (Å²) in [6.45, 7) is 0. The van der Waals surface area contributed by atoms with Crippen LogP contribution in [0.5, 0.6) is 0 Å². The second kappa shape index (κ2) is 3.62. The van der Waals surface area contributed by atoms with E-state index in [1.54, 1.807) is 0 Å². The number of para-hydroxylation sites is 2. The van der Waals surface area contributed by atoms with E-state index in [0.717, 1.165) is 22.4 Å². The Labute approximate surface area is 113 Å². The van der Waals surface area contributed by atoms with Gasteiger partial charge in [0.05, 0.1) is 27.2 Å². The van der Waals surface area contributed by atoms with Gasteiger partial charge in [-0.3, -0.25) is 0 Å². The number of hydrogen-bond donors (Lipinski definition) is 0. The van der Waals surface area contributed by atoms with Crippen LogP contribution in [0.15, 0.2) is 48.5 Å². The van der Waals surface area contributed by atoms with E-state index in [-0.39, 0.29) is 4.83 Å². The third kappa shape index (κ3) is 1.28. The Morgan fingerprint density at radius 3 is 2.33 bits per heavy atom. The standard InChI is InChI=1S/C15H9BrN2/c16-13-9-5-1-2-6-10(9)14-15(13)18-12-8-4-3-7-11(12)17-14/h1-8,13H/t13-/m1/s1. The minimum atomic E-state index is 0.154. The van der Waals surface area contributed by atoms with E-state index in [1.807, 2.05) is 30.3 Å². The summed E-state index contributed by atoms with van der Waals surface area (Å²) in [5.41, 5.74) is 6.37. The molecule has 4 rings (SSSR count). The highest BCUT2D eigenvalue weighted by molar-refractivity contribution is 9.09. The predicted octanol–water partition coefficient (Wildman–Crippen LogP) is 4.09. The second-order valence-electron chi connectivity index (χ2n) is 4.40. The lowest BCUT2D eigenvalue weighted by Crippen LogP contribution is -1.93. The van der Waals surface area contributed by atoms with Crippen LogP contribution >= 0.6 is 15.9 Å². The molecule has 0 saturated carbocycles. The Kier molecular flexibility index (Phi) is 2.06. The lowest BCUT2D eigenvalue weighted by atomic mass is 10.1. The van der Waals surface area contributed by atoms with Crippen LogP contribution in [-0.4, -0.2) is 9.97 Å². The number of halogens is 1. The SMILES string of the molecule is Br[C@@H]1c2ccccc2-c2nc3ccccc3nc21. The van der Waals surface area contributed by atoms with Gasteiger partial charge < -0.3 is 0 Å². The van der Waals surface area contributed by atoms with E-state index in [4.69, 9.17) is 9.97 Å². The maximum absolute atomic E-state index is 4.76. The minimum Gasteiger partial charge on any atom is -0.247 e. The Hall–Kier alpha value is -1.74. The van der Waals surface area contributed by atoms with Gasteiger partial charge in [0.2, 0.25) is 0 Å². The molecule has 3 heteroatoms. The lowest BCUT2D eigenvalue weighted by Gasteiger charge is -2.04. The van der Waals surface area contributed by atoms with Gasteiger partial charge in [0.15, 0.2) is 0 Å².